The summed E-state index contributed by atoms with van der Waals surface area (Å²) in [5.74, 6) is -2.14. The third-order valence-electron chi connectivity index (χ3n) is 3.04. The first-order chi connectivity index (χ1) is 9.81. The highest BCUT2D eigenvalue weighted by atomic mass is 16.5. The van der Waals surface area contributed by atoms with E-state index in [0.29, 0.717) is 17.0 Å². The minimum absolute atomic E-state index is 0.0239. The van der Waals surface area contributed by atoms with Crippen molar-refractivity contribution in [2.24, 2.45) is 0 Å². The van der Waals surface area contributed by atoms with Crippen LogP contribution in [0.4, 0.5) is 0 Å². The fraction of sp³-hybridized carbons (Fsp3) is 0.538. The summed E-state index contributed by atoms with van der Waals surface area (Å²) in [4.78, 5) is 33.3. The van der Waals surface area contributed by atoms with Crippen LogP contribution in [0.2, 0.25) is 0 Å². The van der Waals surface area contributed by atoms with Crippen LogP contribution < -0.4 is 5.32 Å². The molecule has 1 aromatic rings. The maximum atomic E-state index is 11.9. The van der Waals surface area contributed by atoms with Crippen molar-refractivity contribution in [2.45, 2.75) is 45.6 Å². The molecule has 0 aliphatic heterocycles. The Hall–Kier alpha value is -2.38. The summed E-state index contributed by atoms with van der Waals surface area (Å²) in [5.41, 5.74) is 1.21. The zero-order valence-electron chi connectivity index (χ0n) is 11.9. The maximum Gasteiger partial charge on any atom is 0.326 e. The van der Waals surface area contributed by atoms with Gasteiger partial charge in [-0.1, -0.05) is 5.16 Å². The van der Waals surface area contributed by atoms with E-state index >= 15 is 0 Å². The molecule has 116 valence electrons. The number of hydrogen-bond acceptors (Lipinski definition) is 5. The average molecular weight is 298 g/mol. The molecule has 1 aromatic heterocycles. The van der Waals surface area contributed by atoms with Crippen LogP contribution in [0.5, 0.6) is 0 Å². The zero-order valence-corrected chi connectivity index (χ0v) is 11.9. The number of rotatable bonds is 8. The second-order valence-corrected chi connectivity index (χ2v) is 4.72. The molecule has 0 spiro atoms. The van der Waals surface area contributed by atoms with E-state index < -0.39 is 23.9 Å². The first kappa shape index (κ1) is 16.7. The van der Waals surface area contributed by atoms with Crippen molar-refractivity contribution < 1.29 is 29.1 Å². The number of carbonyl (C=O) groups excluding carboxylic acids is 1. The van der Waals surface area contributed by atoms with Crippen molar-refractivity contribution in [3.8, 4) is 0 Å². The van der Waals surface area contributed by atoms with Crippen molar-refractivity contribution in [3.05, 3.63) is 17.0 Å². The van der Waals surface area contributed by atoms with Crippen LogP contribution in [0.25, 0.3) is 0 Å². The highest BCUT2D eigenvalue weighted by Gasteiger charge is 2.21. The van der Waals surface area contributed by atoms with E-state index in [-0.39, 0.29) is 25.7 Å². The van der Waals surface area contributed by atoms with E-state index in [1.54, 1.807) is 13.8 Å². The van der Waals surface area contributed by atoms with E-state index in [0.717, 1.165) is 0 Å². The van der Waals surface area contributed by atoms with Gasteiger partial charge in [0.1, 0.15) is 11.8 Å². The number of nitrogens with zero attached hydrogens (tertiary/aromatic N) is 1. The van der Waals surface area contributed by atoms with Gasteiger partial charge in [-0.25, -0.2) is 4.79 Å². The van der Waals surface area contributed by atoms with Gasteiger partial charge < -0.3 is 20.1 Å². The van der Waals surface area contributed by atoms with E-state index in [4.69, 9.17) is 14.7 Å². The molecular formula is C13H18N2O6. The lowest BCUT2D eigenvalue weighted by Gasteiger charge is -2.13. The Morgan fingerprint density at radius 1 is 1.29 bits per heavy atom. The van der Waals surface area contributed by atoms with E-state index in [1.807, 2.05) is 0 Å². The summed E-state index contributed by atoms with van der Waals surface area (Å²) >= 11 is 0. The van der Waals surface area contributed by atoms with Crippen molar-refractivity contribution in [3.63, 3.8) is 0 Å². The number of aliphatic carboxylic acids is 2. The molecule has 0 aromatic carbocycles. The van der Waals surface area contributed by atoms with Gasteiger partial charge in [0.2, 0.25) is 5.91 Å². The lowest BCUT2D eigenvalue weighted by atomic mass is 10.1. The Kier molecular flexibility index (Phi) is 5.89. The van der Waals surface area contributed by atoms with Crippen LogP contribution in [0.3, 0.4) is 0 Å². The van der Waals surface area contributed by atoms with Crippen LogP contribution in [-0.2, 0) is 20.8 Å². The number of carboxylic acid groups (broad SMARTS) is 2. The van der Waals surface area contributed by atoms with E-state index in [1.165, 1.54) is 0 Å². The number of nitrogens with one attached hydrogen (secondary N) is 1. The van der Waals surface area contributed by atoms with Gasteiger partial charge in [-0.3, -0.25) is 9.59 Å². The van der Waals surface area contributed by atoms with Crippen LogP contribution in [0.15, 0.2) is 4.52 Å². The Morgan fingerprint density at radius 2 is 1.95 bits per heavy atom. The lowest BCUT2D eigenvalue weighted by molar-refractivity contribution is -0.142. The van der Waals surface area contributed by atoms with E-state index in [2.05, 4.69) is 10.5 Å². The van der Waals surface area contributed by atoms with E-state index in [9.17, 15) is 14.4 Å². The minimum atomic E-state index is -1.19. The molecule has 8 heteroatoms. The summed E-state index contributed by atoms with van der Waals surface area (Å²) in [6.07, 6.45) is 0.0836. The first-order valence-electron chi connectivity index (χ1n) is 6.47. The highest BCUT2D eigenvalue weighted by Crippen LogP contribution is 2.13. The number of aryl methyl sites for hydroxylation is 2. The van der Waals surface area contributed by atoms with Gasteiger partial charge in [0.05, 0.1) is 12.1 Å². The summed E-state index contributed by atoms with van der Waals surface area (Å²) < 4.78 is 4.93. The molecule has 3 N–H and O–H groups in total. The molecule has 0 bridgehead atoms. The largest absolute Gasteiger partial charge is 0.481 e. The molecule has 0 unspecified atom stereocenters. The first-order valence-corrected chi connectivity index (χ1v) is 6.47. The normalized spacial score (nSPS) is 11.9. The van der Waals surface area contributed by atoms with Crippen LogP contribution in [0.1, 0.15) is 36.3 Å². The van der Waals surface area contributed by atoms with Crippen LogP contribution in [0, 0.1) is 13.8 Å². The highest BCUT2D eigenvalue weighted by molar-refractivity contribution is 5.85. The number of carbonyl (C=O) groups is 3. The third kappa shape index (κ3) is 5.25. The SMILES string of the molecule is Cc1noc(C)c1CC(=O)N[C@H](CCCC(=O)O)C(=O)O. The van der Waals surface area contributed by atoms with Gasteiger partial charge in [-0.15, -0.1) is 0 Å². The molecule has 1 amide bonds. The minimum Gasteiger partial charge on any atom is -0.481 e. The summed E-state index contributed by atoms with van der Waals surface area (Å²) in [5, 5.41) is 23.7. The Morgan fingerprint density at radius 3 is 2.43 bits per heavy atom. The maximum absolute atomic E-state index is 11.9. The summed E-state index contributed by atoms with van der Waals surface area (Å²) in [7, 11) is 0. The molecule has 0 aliphatic rings. The van der Waals surface area contributed by atoms with Crippen molar-refractivity contribution >= 4 is 17.8 Å². The van der Waals surface area contributed by atoms with Gasteiger partial charge in [0, 0.05) is 12.0 Å². The standard InChI is InChI=1S/C13H18N2O6/c1-7-9(8(2)21-15-7)6-11(16)14-10(13(19)20)4-3-5-12(17)18/h10H,3-6H2,1-2H3,(H,14,16)(H,17,18)(H,19,20)/t10-/m1/s1. The average Bonchev–Trinajstić information content (AvgIpc) is 2.68. The van der Waals surface area contributed by atoms with Gasteiger partial charge >= 0.3 is 11.9 Å². The van der Waals surface area contributed by atoms with Crippen molar-refractivity contribution in [1.82, 2.24) is 10.5 Å². The monoisotopic (exact) mass is 298 g/mol. The Labute approximate surface area is 121 Å². The second kappa shape index (κ2) is 7.41. The van der Waals surface area contributed by atoms with Crippen molar-refractivity contribution in [1.29, 1.82) is 0 Å². The van der Waals surface area contributed by atoms with Gasteiger partial charge in [0.25, 0.3) is 0 Å². The van der Waals surface area contributed by atoms with Crippen LogP contribution >= 0.6 is 0 Å². The summed E-state index contributed by atoms with van der Waals surface area (Å²) in [6, 6.07) is -1.10. The van der Waals surface area contributed by atoms with Gasteiger partial charge in [-0.05, 0) is 26.7 Å². The second-order valence-electron chi connectivity index (χ2n) is 4.72. The Bertz CT molecular complexity index is 517. The number of amides is 1. The number of hydrogen-bond donors (Lipinski definition) is 3. The molecule has 1 heterocycles. The molecular weight excluding hydrogens is 280 g/mol. The number of carboxylic acids is 2. The number of aromatic nitrogens is 1. The molecule has 21 heavy (non-hydrogen) atoms. The molecule has 0 aliphatic carbocycles. The smallest absolute Gasteiger partial charge is 0.326 e. The zero-order chi connectivity index (χ0) is 16.0. The molecule has 0 fully saturated rings. The molecule has 0 saturated carbocycles. The molecule has 0 saturated heterocycles. The van der Waals surface area contributed by atoms with Crippen LogP contribution in [-0.4, -0.2) is 39.3 Å². The fourth-order valence-electron chi connectivity index (χ4n) is 1.87. The topological polar surface area (TPSA) is 130 Å². The molecule has 1 rings (SSSR count). The molecule has 0 radical (unpaired) electrons. The van der Waals surface area contributed by atoms with Gasteiger partial charge in [0.15, 0.2) is 0 Å². The lowest BCUT2D eigenvalue weighted by Crippen LogP contribution is -2.41. The molecule has 8 nitrogen and oxygen atoms in total. The third-order valence-corrected chi connectivity index (χ3v) is 3.04. The van der Waals surface area contributed by atoms with Gasteiger partial charge in [-0.2, -0.15) is 0 Å². The predicted octanol–water partition coefficient (Wildman–Crippen LogP) is 0.658. The fourth-order valence-corrected chi connectivity index (χ4v) is 1.87. The quantitative estimate of drug-likeness (QED) is 0.642. The summed E-state index contributed by atoms with van der Waals surface area (Å²) in [6.45, 7) is 3.37. The molecule has 1 atom stereocenters. The predicted molar refractivity (Wildman–Crippen MR) is 70.7 cm³/mol. The van der Waals surface area contributed by atoms with Crippen molar-refractivity contribution in [2.75, 3.05) is 0 Å². The Balaban J connectivity index is 2.56.